The van der Waals surface area contributed by atoms with Crippen LogP contribution in [0.3, 0.4) is 0 Å². The number of fused-ring (bicyclic) bond motifs is 1. The summed E-state index contributed by atoms with van der Waals surface area (Å²) in [6, 6.07) is 14.4. The molecular formula is C28H29N5O4S. The van der Waals surface area contributed by atoms with Gasteiger partial charge in [-0.1, -0.05) is 0 Å². The molecule has 4 aromatic rings. The topological polar surface area (TPSA) is 101 Å². The third-order valence-electron chi connectivity index (χ3n) is 6.60. The number of benzene rings is 2. The number of ether oxygens (including phenoxy) is 3. The van der Waals surface area contributed by atoms with E-state index in [-0.39, 0.29) is 12.1 Å². The molecule has 0 aliphatic carbocycles. The Morgan fingerprint density at radius 2 is 2.11 bits per heavy atom. The summed E-state index contributed by atoms with van der Waals surface area (Å²) in [5, 5.41) is 14.1. The molecule has 10 heteroatoms. The average molecular weight is 532 g/mol. The number of imidazole rings is 1. The second-order valence-corrected chi connectivity index (χ2v) is 9.86. The van der Waals surface area contributed by atoms with Gasteiger partial charge in [0.05, 0.1) is 37.7 Å². The van der Waals surface area contributed by atoms with Gasteiger partial charge < -0.3 is 24.4 Å². The van der Waals surface area contributed by atoms with Crippen molar-refractivity contribution in [3.63, 3.8) is 0 Å². The first-order valence-corrected chi connectivity index (χ1v) is 13.3. The van der Waals surface area contributed by atoms with E-state index in [9.17, 15) is 4.79 Å². The molecule has 1 N–H and O–H groups in total. The maximum atomic E-state index is 13.2. The molecular weight excluding hydrogens is 502 g/mol. The summed E-state index contributed by atoms with van der Waals surface area (Å²) >= 11 is 1.56. The van der Waals surface area contributed by atoms with Gasteiger partial charge in [0.25, 0.3) is 0 Å². The fourth-order valence-electron chi connectivity index (χ4n) is 4.54. The van der Waals surface area contributed by atoms with E-state index in [4.69, 9.17) is 24.5 Å². The Morgan fingerprint density at radius 3 is 2.82 bits per heavy atom. The minimum atomic E-state index is -0.191. The van der Waals surface area contributed by atoms with Crippen LogP contribution in [0.1, 0.15) is 24.1 Å². The molecule has 196 valence electrons. The highest BCUT2D eigenvalue weighted by molar-refractivity contribution is 7.15. The summed E-state index contributed by atoms with van der Waals surface area (Å²) in [5.74, 6) is 1.45. The van der Waals surface area contributed by atoms with Crippen molar-refractivity contribution in [3.05, 3.63) is 65.3 Å². The number of nitrogens with zero attached hydrogens (tertiary/aromatic N) is 4. The second-order valence-electron chi connectivity index (χ2n) is 9.02. The van der Waals surface area contributed by atoms with Gasteiger partial charge in [0.2, 0.25) is 0 Å². The molecule has 0 bridgehead atoms. The lowest BCUT2D eigenvalue weighted by molar-refractivity contribution is 0.0838. The highest BCUT2D eigenvalue weighted by atomic mass is 32.1. The summed E-state index contributed by atoms with van der Waals surface area (Å²) in [5.41, 5.74) is 3.91. The standard InChI is InChI=1S/C28H29N5O4S/c1-35-22-9-10-26(36-2)24(14-22)25-17-33-21(18-38-28(33)31-25)11-12-32(16-23-4-3-13-37-23)27(34)30-20-7-5-19(15-29)6-8-20/h5-10,14,17-18,23H,3-4,11-13,16H2,1-2H3,(H,30,34). The van der Waals surface area contributed by atoms with Crippen molar-refractivity contribution in [2.75, 3.05) is 39.2 Å². The van der Waals surface area contributed by atoms with Crippen molar-refractivity contribution < 1.29 is 19.0 Å². The number of nitriles is 1. The number of hydrogen-bond donors (Lipinski definition) is 1. The summed E-state index contributed by atoms with van der Waals surface area (Å²) in [6.45, 7) is 1.77. The summed E-state index contributed by atoms with van der Waals surface area (Å²) in [4.78, 5) is 20.7. The van der Waals surface area contributed by atoms with Crippen molar-refractivity contribution >= 4 is 28.0 Å². The van der Waals surface area contributed by atoms with Crippen LogP contribution in [0.4, 0.5) is 10.5 Å². The van der Waals surface area contributed by atoms with Crippen molar-refractivity contribution in [1.29, 1.82) is 5.26 Å². The van der Waals surface area contributed by atoms with Crippen LogP contribution in [0.5, 0.6) is 11.5 Å². The molecule has 1 aliphatic heterocycles. The monoisotopic (exact) mass is 531 g/mol. The largest absolute Gasteiger partial charge is 0.497 e. The van der Waals surface area contributed by atoms with Gasteiger partial charge in [0, 0.05) is 54.6 Å². The van der Waals surface area contributed by atoms with Gasteiger partial charge >= 0.3 is 6.03 Å². The minimum Gasteiger partial charge on any atom is -0.497 e. The third kappa shape index (κ3) is 5.59. The number of amides is 2. The highest BCUT2D eigenvalue weighted by Gasteiger charge is 2.23. The van der Waals surface area contributed by atoms with E-state index in [2.05, 4.69) is 21.2 Å². The molecule has 1 aliphatic rings. The number of methoxy groups -OCH3 is 2. The number of carbonyl (C=O) groups is 1. The van der Waals surface area contributed by atoms with E-state index < -0.39 is 0 Å². The zero-order valence-corrected chi connectivity index (χ0v) is 22.2. The summed E-state index contributed by atoms with van der Waals surface area (Å²) in [6.07, 6.45) is 4.63. The average Bonchev–Trinajstić information content (AvgIpc) is 3.69. The number of rotatable bonds is 9. The second kappa shape index (κ2) is 11.5. The molecule has 3 heterocycles. The fourth-order valence-corrected chi connectivity index (χ4v) is 5.45. The zero-order valence-electron chi connectivity index (χ0n) is 21.3. The summed E-state index contributed by atoms with van der Waals surface area (Å²) < 4.78 is 18.8. The number of anilines is 1. The summed E-state index contributed by atoms with van der Waals surface area (Å²) in [7, 11) is 3.27. The van der Waals surface area contributed by atoms with E-state index in [1.54, 1.807) is 54.7 Å². The first-order valence-electron chi connectivity index (χ1n) is 12.4. The van der Waals surface area contributed by atoms with Crippen LogP contribution in [0.15, 0.2) is 54.0 Å². The molecule has 2 aromatic heterocycles. The Morgan fingerprint density at radius 1 is 1.26 bits per heavy atom. The maximum absolute atomic E-state index is 13.2. The van der Waals surface area contributed by atoms with E-state index >= 15 is 0 Å². The number of aromatic nitrogens is 2. The third-order valence-corrected chi connectivity index (χ3v) is 7.49. The predicted molar refractivity (Wildman–Crippen MR) is 146 cm³/mol. The molecule has 5 rings (SSSR count). The molecule has 2 amide bonds. The SMILES string of the molecule is COc1ccc(OC)c(-c2cn3c(CCN(CC4CCCO4)C(=O)Nc4ccc(C#N)cc4)csc3n2)c1. The minimum absolute atomic E-state index is 0.0320. The van der Waals surface area contributed by atoms with Crippen molar-refractivity contribution in [2.24, 2.45) is 0 Å². The lowest BCUT2D eigenvalue weighted by atomic mass is 10.1. The Balaban J connectivity index is 1.34. The number of thiazole rings is 1. The zero-order chi connectivity index (χ0) is 26.5. The van der Waals surface area contributed by atoms with Crippen LogP contribution in [0.2, 0.25) is 0 Å². The predicted octanol–water partition coefficient (Wildman–Crippen LogP) is 5.21. The van der Waals surface area contributed by atoms with Crippen LogP contribution in [-0.4, -0.2) is 60.3 Å². The van der Waals surface area contributed by atoms with Crippen LogP contribution < -0.4 is 14.8 Å². The lowest BCUT2D eigenvalue weighted by Gasteiger charge is -2.25. The van der Waals surface area contributed by atoms with Crippen molar-refractivity contribution in [1.82, 2.24) is 14.3 Å². The molecule has 9 nitrogen and oxygen atoms in total. The van der Waals surface area contributed by atoms with Gasteiger partial charge in [-0.2, -0.15) is 5.26 Å². The molecule has 0 spiro atoms. The van der Waals surface area contributed by atoms with Crippen molar-refractivity contribution in [2.45, 2.75) is 25.4 Å². The Kier molecular flexibility index (Phi) is 7.77. The smallest absolute Gasteiger partial charge is 0.321 e. The normalized spacial score (nSPS) is 14.8. The Hall–Kier alpha value is -4.07. The van der Waals surface area contributed by atoms with E-state index in [0.29, 0.717) is 30.8 Å². The van der Waals surface area contributed by atoms with E-state index in [1.165, 1.54) is 0 Å². The van der Waals surface area contributed by atoms with E-state index in [0.717, 1.165) is 52.9 Å². The number of carbonyl (C=O) groups excluding carboxylic acids is 1. The molecule has 1 fully saturated rings. The van der Waals surface area contributed by atoms with Crippen LogP contribution >= 0.6 is 11.3 Å². The number of hydrogen-bond acceptors (Lipinski definition) is 7. The molecule has 2 aromatic carbocycles. The van der Waals surface area contributed by atoms with Gasteiger partial charge in [-0.3, -0.25) is 4.40 Å². The van der Waals surface area contributed by atoms with E-state index in [1.807, 2.05) is 24.4 Å². The molecule has 1 unspecified atom stereocenters. The molecule has 0 radical (unpaired) electrons. The molecule has 38 heavy (non-hydrogen) atoms. The quantitative estimate of drug-likeness (QED) is 0.318. The van der Waals surface area contributed by atoms with Gasteiger partial charge in [-0.05, 0) is 55.3 Å². The lowest BCUT2D eigenvalue weighted by Crippen LogP contribution is -2.41. The first kappa shape index (κ1) is 25.6. The van der Waals surface area contributed by atoms with Crippen LogP contribution in [0.25, 0.3) is 16.2 Å². The maximum Gasteiger partial charge on any atom is 0.321 e. The van der Waals surface area contributed by atoms with Gasteiger partial charge in [0.1, 0.15) is 11.5 Å². The highest BCUT2D eigenvalue weighted by Crippen LogP contribution is 2.34. The molecule has 1 atom stereocenters. The Labute approximate surface area is 225 Å². The molecule has 0 saturated carbocycles. The van der Waals surface area contributed by atoms with Crippen LogP contribution in [-0.2, 0) is 11.2 Å². The van der Waals surface area contributed by atoms with Crippen molar-refractivity contribution in [3.8, 4) is 28.8 Å². The van der Waals surface area contributed by atoms with Gasteiger partial charge in [0.15, 0.2) is 4.96 Å². The van der Waals surface area contributed by atoms with Gasteiger partial charge in [-0.25, -0.2) is 9.78 Å². The number of nitrogens with one attached hydrogen (secondary N) is 1. The first-order chi connectivity index (χ1) is 18.6. The Bertz CT molecular complexity index is 1450. The molecule has 1 saturated heterocycles. The van der Waals surface area contributed by atoms with Crippen LogP contribution in [0, 0.1) is 11.3 Å². The fraction of sp³-hybridized carbons (Fsp3) is 0.321. The number of urea groups is 1. The van der Waals surface area contributed by atoms with Gasteiger partial charge in [-0.15, -0.1) is 11.3 Å².